The molecule has 1 atom stereocenters. The van der Waals surface area contributed by atoms with Gasteiger partial charge in [-0.15, -0.1) is 0 Å². The number of hydrogen-bond acceptors (Lipinski definition) is 8. The first kappa shape index (κ1) is 21.6. The molecule has 0 aliphatic carbocycles. The normalized spacial score (nSPS) is 12.0. The van der Waals surface area contributed by atoms with Crippen LogP contribution in [0.3, 0.4) is 0 Å². The van der Waals surface area contributed by atoms with Crippen molar-refractivity contribution >= 4 is 52.1 Å². The number of imidazole rings is 1. The van der Waals surface area contributed by atoms with Gasteiger partial charge in [0.2, 0.25) is 11.8 Å². The molecule has 10 nitrogen and oxygen atoms in total. The molecule has 0 saturated carbocycles. The van der Waals surface area contributed by atoms with Crippen LogP contribution in [0.1, 0.15) is 6.92 Å². The SMILES string of the molecule is CC(CNc1nc(-c2ccc(Cl)cc2Cl)cc2nccn12)Nc1ccc([N+](=O)[O-])c(N)n1. The van der Waals surface area contributed by atoms with Crippen LogP contribution in [0.5, 0.6) is 0 Å². The fourth-order valence-electron chi connectivity index (χ4n) is 3.13. The van der Waals surface area contributed by atoms with Crippen molar-refractivity contribution in [1.29, 1.82) is 0 Å². The Morgan fingerprint density at radius 1 is 1.22 bits per heavy atom. The molecule has 3 aromatic heterocycles. The first-order chi connectivity index (χ1) is 15.3. The molecule has 12 heteroatoms. The van der Waals surface area contributed by atoms with Crippen LogP contribution in [0.25, 0.3) is 16.9 Å². The Balaban J connectivity index is 1.53. The minimum absolute atomic E-state index is 0.105. The highest BCUT2D eigenvalue weighted by molar-refractivity contribution is 6.36. The van der Waals surface area contributed by atoms with Crippen LogP contribution >= 0.6 is 23.2 Å². The highest BCUT2D eigenvalue weighted by Gasteiger charge is 2.15. The zero-order valence-electron chi connectivity index (χ0n) is 16.8. The molecule has 0 fully saturated rings. The van der Waals surface area contributed by atoms with Gasteiger partial charge in [0.1, 0.15) is 11.5 Å². The molecule has 4 rings (SSSR count). The van der Waals surface area contributed by atoms with E-state index in [1.165, 1.54) is 12.1 Å². The summed E-state index contributed by atoms with van der Waals surface area (Å²) in [6.07, 6.45) is 3.48. The molecule has 0 bridgehead atoms. The third-order valence-corrected chi connectivity index (χ3v) is 5.20. The van der Waals surface area contributed by atoms with E-state index in [-0.39, 0.29) is 17.5 Å². The Hall–Kier alpha value is -3.63. The second-order valence-corrected chi connectivity index (χ2v) is 7.87. The average Bonchev–Trinajstić information content (AvgIpc) is 3.20. The lowest BCUT2D eigenvalue weighted by atomic mass is 10.1. The van der Waals surface area contributed by atoms with Gasteiger partial charge in [-0.25, -0.2) is 15.0 Å². The number of aromatic nitrogens is 4. The van der Waals surface area contributed by atoms with E-state index in [2.05, 4.69) is 20.6 Å². The van der Waals surface area contributed by atoms with Crippen molar-refractivity contribution in [3.05, 3.63) is 69.0 Å². The molecule has 4 aromatic rings. The van der Waals surface area contributed by atoms with Crippen LogP contribution in [0.4, 0.5) is 23.3 Å². The quantitative estimate of drug-likeness (QED) is 0.264. The van der Waals surface area contributed by atoms with Gasteiger partial charge in [0.05, 0.1) is 15.6 Å². The number of hydrogen-bond donors (Lipinski definition) is 3. The van der Waals surface area contributed by atoms with E-state index in [1.807, 2.05) is 23.5 Å². The molecule has 164 valence electrons. The Kier molecular flexibility index (Phi) is 5.97. The van der Waals surface area contributed by atoms with Crippen LogP contribution in [-0.2, 0) is 0 Å². The Morgan fingerprint density at radius 2 is 2.03 bits per heavy atom. The van der Waals surface area contributed by atoms with Gasteiger partial charge in [-0.2, -0.15) is 0 Å². The highest BCUT2D eigenvalue weighted by atomic mass is 35.5. The van der Waals surface area contributed by atoms with E-state index in [0.29, 0.717) is 39.7 Å². The number of pyridine rings is 1. The van der Waals surface area contributed by atoms with Crippen LogP contribution in [0.15, 0.2) is 48.8 Å². The number of nitrogens with two attached hydrogens (primary N) is 1. The molecule has 0 saturated heterocycles. The summed E-state index contributed by atoms with van der Waals surface area (Å²) in [6.45, 7) is 2.40. The number of nitrogen functional groups attached to an aromatic ring is 1. The lowest BCUT2D eigenvalue weighted by molar-refractivity contribution is -0.384. The minimum atomic E-state index is -0.570. The van der Waals surface area contributed by atoms with Crippen molar-refractivity contribution in [1.82, 2.24) is 19.4 Å². The molecule has 32 heavy (non-hydrogen) atoms. The van der Waals surface area contributed by atoms with E-state index in [9.17, 15) is 10.1 Å². The summed E-state index contributed by atoms with van der Waals surface area (Å²) in [5.74, 6) is 0.866. The smallest absolute Gasteiger partial charge is 0.311 e. The zero-order valence-corrected chi connectivity index (χ0v) is 18.3. The van der Waals surface area contributed by atoms with Crippen molar-refractivity contribution in [2.75, 3.05) is 22.9 Å². The summed E-state index contributed by atoms with van der Waals surface area (Å²) in [6, 6.07) is 9.80. The maximum atomic E-state index is 10.9. The summed E-state index contributed by atoms with van der Waals surface area (Å²) in [4.78, 5) is 23.4. The van der Waals surface area contributed by atoms with Crippen LogP contribution in [0.2, 0.25) is 10.0 Å². The lowest BCUT2D eigenvalue weighted by Crippen LogP contribution is -2.26. The largest absolute Gasteiger partial charge is 0.378 e. The standard InChI is InChI=1S/C20H18Cl2N8O2/c1-11(26-17-5-4-16(30(31)32)19(23)28-17)10-25-20-27-15(9-18-24-6-7-29(18)20)13-3-2-12(21)8-14(13)22/h2-9,11H,10H2,1H3,(H,25,27)(H3,23,26,28). The molecule has 0 amide bonds. The third kappa shape index (κ3) is 4.51. The number of fused-ring (bicyclic) bond motifs is 1. The predicted molar refractivity (Wildman–Crippen MR) is 125 cm³/mol. The first-order valence-electron chi connectivity index (χ1n) is 9.52. The minimum Gasteiger partial charge on any atom is -0.378 e. The van der Waals surface area contributed by atoms with Gasteiger partial charge in [0.15, 0.2) is 0 Å². The van der Waals surface area contributed by atoms with Crippen molar-refractivity contribution in [2.45, 2.75) is 13.0 Å². The Labute approximate surface area is 192 Å². The summed E-state index contributed by atoms with van der Waals surface area (Å²) >= 11 is 12.4. The molecule has 0 aliphatic rings. The summed E-state index contributed by atoms with van der Waals surface area (Å²) < 4.78 is 1.82. The predicted octanol–water partition coefficient (Wildman–Crippen LogP) is 4.50. The van der Waals surface area contributed by atoms with Crippen LogP contribution < -0.4 is 16.4 Å². The van der Waals surface area contributed by atoms with Crippen molar-refractivity contribution in [2.24, 2.45) is 0 Å². The molecule has 1 unspecified atom stereocenters. The van der Waals surface area contributed by atoms with Gasteiger partial charge in [-0.05, 0) is 31.2 Å². The van der Waals surface area contributed by atoms with E-state index in [1.54, 1.807) is 24.5 Å². The van der Waals surface area contributed by atoms with Crippen molar-refractivity contribution < 1.29 is 4.92 Å². The van der Waals surface area contributed by atoms with Gasteiger partial charge in [-0.1, -0.05) is 23.2 Å². The van der Waals surface area contributed by atoms with Gasteiger partial charge in [-0.3, -0.25) is 14.5 Å². The second kappa shape index (κ2) is 8.85. The topological polar surface area (TPSA) is 136 Å². The third-order valence-electron chi connectivity index (χ3n) is 4.66. The fourth-order valence-corrected chi connectivity index (χ4v) is 3.64. The fraction of sp³-hybridized carbons (Fsp3) is 0.150. The number of anilines is 3. The average molecular weight is 473 g/mol. The van der Waals surface area contributed by atoms with Gasteiger partial charge >= 0.3 is 5.69 Å². The van der Waals surface area contributed by atoms with Crippen molar-refractivity contribution in [3.63, 3.8) is 0 Å². The number of nitrogens with one attached hydrogen (secondary N) is 2. The first-order valence-corrected chi connectivity index (χ1v) is 10.3. The molecule has 4 N–H and O–H groups in total. The van der Waals surface area contributed by atoms with Crippen molar-refractivity contribution in [3.8, 4) is 11.3 Å². The van der Waals surface area contributed by atoms with Gasteiger partial charge in [0, 0.05) is 47.7 Å². The summed E-state index contributed by atoms with van der Waals surface area (Å²) in [5.41, 5.74) is 7.52. The number of benzene rings is 1. The number of nitrogens with zero attached hydrogens (tertiary/aromatic N) is 5. The van der Waals surface area contributed by atoms with Crippen LogP contribution in [-0.4, -0.2) is 36.9 Å². The maximum absolute atomic E-state index is 10.9. The second-order valence-electron chi connectivity index (χ2n) is 7.03. The Morgan fingerprint density at radius 3 is 2.75 bits per heavy atom. The van der Waals surface area contributed by atoms with E-state index >= 15 is 0 Å². The number of nitro groups is 1. The monoisotopic (exact) mass is 472 g/mol. The Bertz CT molecular complexity index is 1310. The molecule has 0 radical (unpaired) electrons. The summed E-state index contributed by atoms with van der Waals surface area (Å²) in [5, 5.41) is 18.4. The molecular weight excluding hydrogens is 455 g/mol. The molecule has 3 heterocycles. The number of rotatable bonds is 7. The van der Waals surface area contributed by atoms with Gasteiger partial charge in [0.25, 0.3) is 0 Å². The van der Waals surface area contributed by atoms with Gasteiger partial charge < -0.3 is 16.4 Å². The summed E-state index contributed by atoms with van der Waals surface area (Å²) in [7, 11) is 0. The zero-order chi connectivity index (χ0) is 22.8. The maximum Gasteiger partial charge on any atom is 0.311 e. The molecular formula is C20H18Cl2N8O2. The van der Waals surface area contributed by atoms with Crippen LogP contribution in [0, 0.1) is 10.1 Å². The highest BCUT2D eigenvalue weighted by Crippen LogP contribution is 2.30. The number of halogens is 2. The lowest BCUT2D eigenvalue weighted by Gasteiger charge is -2.17. The van der Waals surface area contributed by atoms with E-state index < -0.39 is 4.92 Å². The molecule has 0 spiro atoms. The van der Waals surface area contributed by atoms with E-state index in [4.69, 9.17) is 33.9 Å². The molecule has 1 aromatic carbocycles. The van der Waals surface area contributed by atoms with E-state index in [0.717, 1.165) is 5.56 Å². The molecule has 0 aliphatic heterocycles.